The molecule has 3 heterocycles. The van der Waals surface area contributed by atoms with Gasteiger partial charge in [0.25, 0.3) is 5.56 Å². The lowest BCUT2D eigenvalue weighted by Gasteiger charge is -2.37. The van der Waals surface area contributed by atoms with Crippen molar-refractivity contribution in [2.45, 2.75) is 45.4 Å². The summed E-state index contributed by atoms with van der Waals surface area (Å²) in [6, 6.07) is 12.2. The molecule has 1 saturated heterocycles. The number of benzene rings is 1. The number of ether oxygens (including phenoxy) is 1. The van der Waals surface area contributed by atoms with Crippen LogP contribution in [-0.2, 0) is 17.7 Å². The van der Waals surface area contributed by atoms with Crippen molar-refractivity contribution in [2.24, 2.45) is 0 Å². The van der Waals surface area contributed by atoms with Crippen LogP contribution >= 0.6 is 11.3 Å². The summed E-state index contributed by atoms with van der Waals surface area (Å²) in [5.74, 6) is 0. The minimum atomic E-state index is -0.132. The summed E-state index contributed by atoms with van der Waals surface area (Å²) >= 11 is 1.41. The third kappa shape index (κ3) is 4.66. The van der Waals surface area contributed by atoms with Crippen LogP contribution in [0.15, 0.2) is 41.2 Å². The second-order valence-corrected chi connectivity index (χ2v) is 8.29. The Balaban J connectivity index is 1.46. The number of anilines is 1. The van der Waals surface area contributed by atoms with Gasteiger partial charge in [-0.1, -0.05) is 55.5 Å². The maximum Gasteiger partial charge on any atom is 0.275 e. The number of nitrogens with zero attached hydrogens (tertiary/aromatic N) is 4. The lowest BCUT2D eigenvalue weighted by molar-refractivity contribution is -0.0402. The van der Waals surface area contributed by atoms with Gasteiger partial charge in [-0.05, 0) is 18.4 Å². The van der Waals surface area contributed by atoms with Crippen molar-refractivity contribution in [3.63, 3.8) is 0 Å². The summed E-state index contributed by atoms with van der Waals surface area (Å²) in [6.07, 6.45) is 1.71. The van der Waals surface area contributed by atoms with Gasteiger partial charge in [0.05, 0.1) is 18.8 Å². The SMILES string of the molecule is CCc1cc(=O)n2nc(NC(CC)C3CN(Cc4ccccc4)CCO3)sc2n1. The molecule has 0 aliphatic carbocycles. The van der Waals surface area contributed by atoms with Crippen molar-refractivity contribution < 1.29 is 4.74 Å². The van der Waals surface area contributed by atoms with Crippen molar-refractivity contribution in [1.29, 1.82) is 0 Å². The fourth-order valence-corrected chi connectivity index (χ4v) is 4.56. The van der Waals surface area contributed by atoms with E-state index in [1.807, 2.05) is 13.0 Å². The number of aromatic nitrogens is 3. The molecule has 0 bridgehead atoms. The highest BCUT2D eigenvalue weighted by Crippen LogP contribution is 2.22. The van der Waals surface area contributed by atoms with Gasteiger partial charge in [0.15, 0.2) is 0 Å². The first-order valence-electron chi connectivity index (χ1n) is 10.2. The monoisotopic (exact) mass is 413 g/mol. The summed E-state index contributed by atoms with van der Waals surface area (Å²) in [5, 5.41) is 8.64. The maximum absolute atomic E-state index is 12.3. The zero-order chi connectivity index (χ0) is 20.2. The van der Waals surface area contributed by atoms with Crippen LogP contribution in [0.2, 0.25) is 0 Å². The molecule has 0 spiro atoms. The number of fused-ring (bicyclic) bond motifs is 1. The van der Waals surface area contributed by atoms with E-state index in [-0.39, 0.29) is 17.7 Å². The first kappa shape index (κ1) is 20.0. The van der Waals surface area contributed by atoms with Gasteiger partial charge in [0.2, 0.25) is 10.1 Å². The summed E-state index contributed by atoms with van der Waals surface area (Å²) in [7, 11) is 0. The summed E-state index contributed by atoms with van der Waals surface area (Å²) in [6.45, 7) is 7.58. The van der Waals surface area contributed by atoms with Gasteiger partial charge in [0, 0.05) is 31.4 Å². The van der Waals surface area contributed by atoms with Crippen molar-refractivity contribution in [3.8, 4) is 0 Å². The first-order valence-corrected chi connectivity index (χ1v) is 11.0. The van der Waals surface area contributed by atoms with E-state index in [0.29, 0.717) is 10.1 Å². The van der Waals surface area contributed by atoms with Gasteiger partial charge in [-0.2, -0.15) is 4.52 Å². The molecule has 2 atom stereocenters. The number of nitrogens with one attached hydrogen (secondary N) is 1. The fraction of sp³-hybridized carbons (Fsp3) is 0.476. The standard InChI is InChI=1S/C21H27N5O2S/c1-3-16-12-19(27)26-21(22-16)29-20(24-26)23-17(4-2)18-14-25(10-11-28-18)13-15-8-6-5-7-9-15/h5-9,12,17-18H,3-4,10-11,13-14H2,1-2H3,(H,23,24). The molecule has 2 aromatic heterocycles. The Hall–Kier alpha value is -2.29. The second kappa shape index (κ2) is 9.02. The van der Waals surface area contributed by atoms with Crippen LogP contribution < -0.4 is 10.9 Å². The van der Waals surface area contributed by atoms with E-state index >= 15 is 0 Å². The number of hydrogen-bond donors (Lipinski definition) is 1. The Labute approximate surface area is 174 Å². The summed E-state index contributed by atoms with van der Waals surface area (Å²) in [5.41, 5.74) is 1.98. The third-order valence-electron chi connectivity index (χ3n) is 5.28. The topological polar surface area (TPSA) is 71.8 Å². The zero-order valence-electron chi connectivity index (χ0n) is 16.9. The van der Waals surface area contributed by atoms with E-state index in [1.165, 1.54) is 21.4 Å². The Morgan fingerprint density at radius 3 is 2.90 bits per heavy atom. The Kier molecular flexibility index (Phi) is 6.22. The zero-order valence-corrected chi connectivity index (χ0v) is 17.7. The number of rotatable bonds is 7. The molecule has 1 aliphatic heterocycles. The lowest BCUT2D eigenvalue weighted by atomic mass is 10.1. The van der Waals surface area contributed by atoms with Gasteiger partial charge in [0.1, 0.15) is 0 Å². The largest absolute Gasteiger partial charge is 0.373 e. The lowest BCUT2D eigenvalue weighted by Crippen LogP contribution is -2.49. The van der Waals surface area contributed by atoms with Gasteiger partial charge in [-0.15, -0.1) is 5.10 Å². The fourth-order valence-electron chi connectivity index (χ4n) is 3.67. The number of hydrogen-bond acceptors (Lipinski definition) is 7. The molecule has 2 unspecified atom stereocenters. The van der Waals surface area contributed by atoms with Crippen molar-refractivity contribution in [1.82, 2.24) is 19.5 Å². The quantitative estimate of drug-likeness (QED) is 0.642. The van der Waals surface area contributed by atoms with Crippen LogP contribution in [0.1, 0.15) is 31.5 Å². The van der Waals surface area contributed by atoms with Crippen molar-refractivity contribution >= 4 is 21.4 Å². The van der Waals surface area contributed by atoms with E-state index in [4.69, 9.17) is 4.74 Å². The Morgan fingerprint density at radius 1 is 1.31 bits per heavy atom. The first-order chi connectivity index (χ1) is 14.2. The van der Waals surface area contributed by atoms with Crippen LogP contribution in [-0.4, -0.2) is 51.3 Å². The minimum Gasteiger partial charge on any atom is -0.373 e. The normalized spacial score (nSPS) is 18.8. The predicted octanol–water partition coefficient (Wildman–Crippen LogP) is 2.80. The van der Waals surface area contributed by atoms with E-state index in [2.05, 4.69) is 51.5 Å². The highest BCUT2D eigenvalue weighted by molar-refractivity contribution is 7.20. The molecule has 154 valence electrons. The van der Waals surface area contributed by atoms with Crippen molar-refractivity contribution in [2.75, 3.05) is 25.0 Å². The van der Waals surface area contributed by atoms with Gasteiger partial charge >= 0.3 is 0 Å². The van der Waals surface area contributed by atoms with Crippen molar-refractivity contribution in [3.05, 3.63) is 58.0 Å². The van der Waals surface area contributed by atoms with Crippen LogP contribution in [0, 0.1) is 0 Å². The molecule has 1 aliphatic rings. The molecule has 0 amide bonds. The summed E-state index contributed by atoms with van der Waals surface area (Å²) in [4.78, 5) is 19.8. The highest BCUT2D eigenvalue weighted by atomic mass is 32.1. The van der Waals surface area contributed by atoms with E-state index < -0.39 is 0 Å². The molecule has 8 heteroatoms. The molecular formula is C21H27N5O2S. The highest BCUT2D eigenvalue weighted by Gasteiger charge is 2.28. The number of aryl methyl sites for hydroxylation is 1. The van der Waals surface area contributed by atoms with Crippen LogP contribution in [0.4, 0.5) is 5.13 Å². The molecule has 1 fully saturated rings. The third-order valence-corrected chi connectivity index (χ3v) is 6.12. The van der Waals surface area contributed by atoms with Crippen LogP contribution in [0.25, 0.3) is 4.96 Å². The molecular weight excluding hydrogens is 386 g/mol. The van der Waals surface area contributed by atoms with Crippen LogP contribution in [0.5, 0.6) is 0 Å². The maximum atomic E-state index is 12.3. The average molecular weight is 414 g/mol. The molecule has 3 aromatic rings. The van der Waals surface area contributed by atoms with Gasteiger partial charge in [-0.3, -0.25) is 9.69 Å². The smallest absolute Gasteiger partial charge is 0.275 e. The average Bonchev–Trinajstić information content (AvgIpc) is 3.16. The molecule has 1 aromatic carbocycles. The van der Waals surface area contributed by atoms with Crippen LogP contribution in [0.3, 0.4) is 0 Å². The molecule has 4 rings (SSSR count). The molecule has 7 nitrogen and oxygen atoms in total. The van der Waals surface area contributed by atoms with E-state index in [1.54, 1.807) is 6.07 Å². The molecule has 0 saturated carbocycles. The van der Waals surface area contributed by atoms with E-state index in [0.717, 1.165) is 44.8 Å². The minimum absolute atomic E-state index is 0.0698. The predicted molar refractivity (Wildman–Crippen MR) is 116 cm³/mol. The van der Waals surface area contributed by atoms with Gasteiger partial charge in [-0.25, -0.2) is 4.98 Å². The van der Waals surface area contributed by atoms with Gasteiger partial charge < -0.3 is 10.1 Å². The molecule has 0 radical (unpaired) electrons. The van der Waals surface area contributed by atoms with E-state index in [9.17, 15) is 4.79 Å². The number of morpholine rings is 1. The second-order valence-electron chi connectivity index (χ2n) is 7.33. The molecule has 1 N–H and O–H groups in total. The Morgan fingerprint density at radius 2 is 2.14 bits per heavy atom. The molecule has 29 heavy (non-hydrogen) atoms. The Bertz CT molecular complexity index is 1000. The summed E-state index contributed by atoms with van der Waals surface area (Å²) < 4.78 is 7.47.